The van der Waals surface area contributed by atoms with Crippen molar-refractivity contribution >= 4 is 11.8 Å². The molecule has 2 aromatic carbocycles. The maximum atomic E-state index is 5.36. The second-order valence-electron chi connectivity index (χ2n) is 4.28. The number of ether oxygens (including phenoxy) is 3. The highest BCUT2D eigenvalue weighted by Gasteiger charge is 2.13. The van der Waals surface area contributed by atoms with E-state index in [0.29, 0.717) is 17.2 Å². The maximum Gasteiger partial charge on any atom is 0.203 e. The van der Waals surface area contributed by atoms with Gasteiger partial charge in [-0.3, -0.25) is 0 Å². The van der Waals surface area contributed by atoms with Crippen LogP contribution in [0.2, 0.25) is 0 Å². The van der Waals surface area contributed by atoms with E-state index in [4.69, 9.17) is 14.2 Å². The monoisotopic (exact) mass is 290 g/mol. The summed E-state index contributed by atoms with van der Waals surface area (Å²) in [6.07, 6.45) is 0. The van der Waals surface area contributed by atoms with Gasteiger partial charge in [-0.1, -0.05) is 29.5 Å². The van der Waals surface area contributed by atoms with E-state index in [1.165, 1.54) is 10.5 Å². The van der Waals surface area contributed by atoms with Crippen molar-refractivity contribution in [2.24, 2.45) is 0 Å². The van der Waals surface area contributed by atoms with Crippen LogP contribution >= 0.6 is 11.8 Å². The molecular weight excluding hydrogens is 272 g/mol. The summed E-state index contributed by atoms with van der Waals surface area (Å²) in [7, 11) is 4.85. The minimum atomic E-state index is 0.614. The van der Waals surface area contributed by atoms with Gasteiger partial charge in [0, 0.05) is 9.79 Å². The van der Waals surface area contributed by atoms with Gasteiger partial charge in [0.1, 0.15) is 0 Å². The van der Waals surface area contributed by atoms with E-state index in [0.717, 1.165) is 4.90 Å². The highest BCUT2D eigenvalue weighted by molar-refractivity contribution is 7.99. The summed E-state index contributed by atoms with van der Waals surface area (Å²) < 4.78 is 16.0. The Hall–Kier alpha value is -1.81. The van der Waals surface area contributed by atoms with Crippen molar-refractivity contribution < 1.29 is 14.2 Å². The highest BCUT2D eigenvalue weighted by atomic mass is 32.2. The van der Waals surface area contributed by atoms with Crippen molar-refractivity contribution in [3.05, 3.63) is 42.0 Å². The molecule has 0 aliphatic rings. The van der Waals surface area contributed by atoms with Crippen molar-refractivity contribution in [3.8, 4) is 17.2 Å². The first kappa shape index (κ1) is 14.6. The van der Waals surface area contributed by atoms with Crippen molar-refractivity contribution in [1.82, 2.24) is 0 Å². The fourth-order valence-corrected chi connectivity index (χ4v) is 2.73. The molecule has 2 rings (SSSR count). The van der Waals surface area contributed by atoms with Crippen LogP contribution in [0.1, 0.15) is 5.56 Å². The topological polar surface area (TPSA) is 27.7 Å². The summed E-state index contributed by atoms with van der Waals surface area (Å²) in [5.41, 5.74) is 1.25. The quantitative estimate of drug-likeness (QED) is 0.826. The standard InChI is InChI=1S/C16H18O3S/c1-11-5-7-12(8-6-11)20-13-9-14(17-2)16(19-4)15(10-13)18-3/h5-10H,1-4H3. The molecule has 2 aromatic rings. The van der Waals surface area contributed by atoms with Crippen LogP contribution in [0.5, 0.6) is 17.2 Å². The van der Waals surface area contributed by atoms with Crippen LogP contribution in [-0.4, -0.2) is 21.3 Å². The summed E-state index contributed by atoms with van der Waals surface area (Å²) in [6, 6.07) is 12.3. The fourth-order valence-electron chi connectivity index (χ4n) is 1.86. The molecule has 0 amide bonds. The average Bonchev–Trinajstić information content (AvgIpc) is 2.48. The highest BCUT2D eigenvalue weighted by Crippen LogP contribution is 2.42. The number of aryl methyl sites for hydroxylation is 1. The molecule has 0 N–H and O–H groups in total. The largest absolute Gasteiger partial charge is 0.493 e. The summed E-state index contributed by atoms with van der Waals surface area (Å²) in [5, 5.41) is 0. The SMILES string of the molecule is COc1cc(Sc2ccc(C)cc2)cc(OC)c1OC. The van der Waals surface area contributed by atoms with Gasteiger partial charge < -0.3 is 14.2 Å². The molecule has 4 heteroatoms. The zero-order valence-electron chi connectivity index (χ0n) is 12.1. The zero-order valence-corrected chi connectivity index (χ0v) is 12.9. The second kappa shape index (κ2) is 6.57. The van der Waals surface area contributed by atoms with Crippen molar-refractivity contribution in [3.63, 3.8) is 0 Å². The van der Waals surface area contributed by atoms with Gasteiger partial charge in [-0.25, -0.2) is 0 Å². The predicted octanol–water partition coefficient (Wildman–Crippen LogP) is 4.17. The third-order valence-corrected chi connectivity index (χ3v) is 3.87. The van der Waals surface area contributed by atoms with E-state index in [1.54, 1.807) is 33.1 Å². The van der Waals surface area contributed by atoms with Crippen molar-refractivity contribution in [1.29, 1.82) is 0 Å². The van der Waals surface area contributed by atoms with Gasteiger partial charge in [-0.2, -0.15) is 0 Å². The smallest absolute Gasteiger partial charge is 0.203 e. The normalized spacial score (nSPS) is 10.2. The summed E-state index contributed by atoms with van der Waals surface area (Å²) in [4.78, 5) is 2.22. The van der Waals surface area contributed by atoms with Gasteiger partial charge in [0.25, 0.3) is 0 Å². The Labute approximate surface area is 123 Å². The van der Waals surface area contributed by atoms with Gasteiger partial charge in [0.2, 0.25) is 5.75 Å². The molecule has 0 spiro atoms. The van der Waals surface area contributed by atoms with Gasteiger partial charge in [-0.15, -0.1) is 0 Å². The average molecular weight is 290 g/mol. The lowest BCUT2D eigenvalue weighted by Crippen LogP contribution is -1.95. The second-order valence-corrected chi connectivity index (χ2v) is 5.42. The molecule has 0 atom stereocenters. The molecule has 0 aliphatic heterocycles. The molecular formula is C16H18O3S. The Morgan fingerprint density at radius 3 is 1.75 bits per heavy atom. The van der Waals surface area contributed by atoms with E-state index >= 15 is 0 Å². The molecule has 0 heterocycles. The minimum Gasteiger partial charge on any atom is -0.493 e. The van der Waals surface area contributed by atoms with Gasteiger partial charge in [-0.05, 0) is 31.2 Å². The Bertz CT molecular complexity index is 554. The molecule has 3 nitrogen and oxygen atoms in total. The molecule has 0 saturated heterocycles. The van der Waals surface area contributed by atoms with Gasteiger partial charge >= 0.3 is 0 Å². The first-order valence-electron chi connectivity index (χ1n) is 6.22. The Balaban J connectivity index is 2.34. The van der Waals surface area contributed by atoms with Crippen LogP contribution in [0, 0.1) is 6.92 Å². The van der Waals surface area contributed by atoms with Crippen LogP contribution in [0.3, 0.4) is 0 Å². The van der Waals surface area contributed by atoms with Gasteiger partial charge in [0.15, 0.2) is 11.5 Å². The summed E-state index contributed by atoms with van der Waals surface area (Å²) >= 11 is 1.66. The van der Waals surface area contributed by atoms with E-state index in [-0.39, 0.29) is 0 Å². The number of rotatable bonds is 5. The van der Waals surface area contributed by atoms with Crippen molar-refractivity contribution in [2.75, 3.05) is 21.3 Å². The molecule has 0 aliphatic carbocycles. The lowest BCUT2D eigenvalue weighted by molar-refractivity contribution is 0.323. The maximum absolute atomic E-state index is 5.36. The fraction of sp³-hybridized carbons (Fsp3) is 0.250. The first-order valence-corrected chi connectivity index (χ1v) is 7.04. The molecule has 20 heavy (non-hydrogen) atoms. The molecule has 0 fully saturated rings. The number of hydrogen-bond acceptors (Lipinski definition) is 4. The lowest BCUT2D eigenvalue weighted by Gasteiger charge is -2.13. The third kappa shape index (κ3) is 3.20. The molecule has 106 valence electrons. The van der Waals surface area contributed by atoms with E-state index in [2.05, 4.69) is 31.2 Å². The van der Waals surface area contributed by atoms with E-state index in [9.17, 15) is 0 Å². The van der Waals surface area contributed by atoms with Crippen LogP contribution in [-0.2, 0) is 0 Å². The van der Waals surface area contributed by atoms with Crippen LogP contribution in [0.4, 0.5) is 0 Å². The summed E-state index contributed by atoms with van der Waals surface area (Å²) in [6.45, 7) is 2.08. The molecule has 0 radical (unpaired) electrons. The number of benzene rings is 2. The first-order chi connectivity index (χ1) is 9.67. The number of methoxy groups -OCH3 is 3. The van der Waals surface area contributed by atoms with E-state index < -0.39 is 0 Å². The van der Waals surface area contributed by atoms with Gasteiger partial charge in [0.05, 0.1) is 21.3 Å². The van der Waals surface area contributed by atoms with E-state index in [1.807, 2.05) is 12.1 Å². The van der Waals surface area contributed by atoms with Crippen LogP contribution < -0.4 is 14.2 Å². The van der Waals surface area contributed by atoms with Crippen LogP contribution in [0.25, 0.3) is 0 Å². The minimum absolute atomic E-state index is 0.614. The molecule has 0 bridgehead atoms. The Morgan fingerprint density at radius 1 is 0.750 bits per heavy atom. The van der Waals surface area contributed by atoms with Crippen molar-refractivity contribution in [2.45, 2.75) is 16.7 Å². The van der Waals surface area contributed by atoms with Crippen LogP contribution in [0.15, 0.2) is 46.2 Å². The third-order valence-electron chi connectivity index (χ3n) is 2.89. The zero-order chi connectivity index (χ0) is 14.5. The molecule has 0 saturated carbocycles. The summed E-state index contributed by atoms with van der Waals surface area (Å²) in [5.74, 6) is 1.95. The predicted molar refractivity (Wildman–Crippen MR) is 81.4 cm³/mol. The molecule has 0 unspecified atom stereocenters. The lowest BCUT2D eigenvalue weighted by atomic mass is 10.2. The Morgan fingerprint density at radius 2 is 1.30 bits per heavy atom. The molecule has 0 aromatic heterocycles. The Kier molecular flexibility index (Phi) is 4.79. The number of hydrogen-bond donors (Lipinski definition) is 0.